The van der Waals surface area contributed by atoms with Gasteiger partial charge in [-0.15, -0.1) is 0 Å². The molecule has 1 aliphatic rings. The molecule has 1 N–H and O–H groups in total. The van der Waals surface area contributed by atoms with Gasteiger partial charge in [0.15, 0.2) is 0 Å². The van der Waals surface area contributed by atoms with E-state index in [2.05, 4.69) is 5.32 Å². The topological polar surface area (TPSA) is 73.2 Å². The van der Waals surface area contributed by atoms with Gasteiger partial charge in [0, 0.05) is 6.54 Å². The molecular formula is C10H15N3O2. The van der Waals surface area contributed by atoms with E-state index in [-0.39, 0.29) is 24.9 Å². The smallest absolute Gasteiger partial charge is 0.323 e. The zero-order valence-electron chi connectivity index (χ0n) is 9.04. The number of carbonyl (C=O) groups is 2. The summed E-state index contributed by atoms with van der Waals surface area (Å²) >= 11 is 0. The molecule has 0 bridgehead atoms. The van der Waals surface area contributed by atoms with Crippen LogP contribution >= 0.6 is 0 Å². The molecule has 5 heteroatoms. The van der Waals surface area contributed by atoms with Gasteiger partial charge >= 0.3 is 6.03 Å². The fraction of sp³-hybridized carbons (Fsp3) is 0.700. The van der Waals surface area contributed by atoms with Crippen LogP contribution in [0.15, 0.2) is 0 Å². The van der Waals surface area contributed by atoms with Crippen LogP contribution in [0.4, 0.5) is 4.79 Å². The maximum Gasteiger partial charge on any atom is 0.325 e. The quantitative estimate of drug-likeness (QED) is 0.702. The van der Waals surface area contributed by atoms with Gasteiger partial charge in [0.25, 0.3) is 5.91 Å². The van der Waals surface area contributed by atoms with Crippen molar-refractivity contribution >= 4 is 11.9 Å². The number of amides is 3. The summed E-state index contributed by atoms with van der Waals surface area (Å²) in [4.78, 5) is 24.5. The van der Waals surface area contributed by atoms with Gasteiger partial charge in [0.1, 0.15) is 5.54 Å². The van der Waals surface area contributed by atoms with E-state index in [1.54, 1.807) is 6.92 Å². The van der Waals surface area contributed by atoms with E-state index < -0.39 is 5.54 Å². The summed E-state index contributed by atoms with van der Waals surface area (Å²) in [6.07, 6.45) is 1.64. The molecule has 1 unspecified atom stereocenters. The fourth-order valence-corrected chi connectivity index (χ4v) is 1.78. The lowest BCUT2D eigenvalue weighted by molar-refractivity contribution is -0.130. The molecule has 1 fully saturated rings. The van der Waals surface area contributed by atoms with Crippen molar-refractivity contribution in [3.63, 3.8) is 0 Å². The number of rotatable bonds is 4. The van der Waals surface area contributed by atoms with Crippen molar-refractivity contribution in [1.29, 1.82) is 5.26 Å². The van der Waals surface area contributed by atoms with Gasteiger partial charge < -0.3 is 5.32 Å². The zero-order chi connectivity index (χ0) is 11.5. The van der Waals surface area contributed by atoms with E-state index in [9.17, 15) is 9.59 Å². The van der Waals surface area contributed by atoms with Crippen molar-refractivity contribution in [1.82, 2.24) is 10.2 Å². The minimum atomic E-state index is -0.776. The first kappa shape index (κ1) is 11.5. The summed E-state index contributed by atoms with van der Waals surface area (Å²) in [5, 5.41) is 11.1. The number of nitriles is 1. The summed E-state index contributed by atoms with van der Waals surface area (Å²) in [6, 6.07) is 1.54. The Kier molecular flexibility index (Phi) is 3.30. The van der Waals surface area contributed by atoms with E-state index in [1.165, 1.54) is 0 Å². The Bertz CT molecular complexity index is 321. The molecule has 0 spiro atoms. The molecule has 0 aromatic carbocycles. The second-order valence-corrected chi connectivity index (χ2v) is 3.88. The molecule has 1 aliphatic heterocycles. The van der Waals surface area contributed by atoms with Crippen LogP contribution in [-0.4, -0.2) is 28.9 Å². The number of nitrogens with zero attached hydrogens (tertiary/aromatic N) is 2. The van der Waals surface area contributed by atoms with Gasteiger partial charge in [-0.3, -0.25) is 9.69 Å². The molecule has 0 saturated carbocycles. The minimum Gasteiger partial charge on any atom is -0.323 e. The lowest BCUT2D eigenvalue weighted by Crippen LogP contribution is -2.43. The highest BCUT2D eigenvalue weighted by atomic mass is 16.2. The number of urea groups is 1. The van der Waals surface area contributed by atoms with Gasteiger partial charge in [0.2, 0.25) is 0 Å². The van der Waals surface area contributed by atoms with Crippen molar-refractivity contribution in [2.45, 2.75) is 38.6 Å². The third-order valence-corrected chi connectivity index (χ3v) is 2.54. The predicted molar refractivity (Wildman–Crippen MR) is 53.8 cm³/mol. The molecule has 1 heterocycles. The average molecular weight is 209 g/mol. The van der Waals surface area contributed by atoms with Crippen molar-refractivity contribution in [3.8, 4) is 6.07 Å². The Labute approximate surface area is 89.0 Å². The molecule has 0 aromatic heterocycles. The van der Waals surface area contributed by atoms with E-state index in [4.69, 9.17) is 5.26 Å². The summed E-state index contributed by atoms with van der Waals surface area (Å²) in [6.45, 7) is 3.87. The number of imide groups is 1. The summed E-state index contributed by atoms with van der Waals surface area (Å²) in [7, 11) is 0. The fourth-order valence-electron chi connectivity index (χ4n) is 1.78. The standard InChI is InChI=1S/C10H15N3O2/c1-3-5-10(2)8(14)13(7-4-6-11)9(15)12-10/h3-5,7H2,1-2H3,(H,12,15). The molecule has 0 aliphatic carbocycles. The summed E-state index contributed by atoms with van der Waals surface area (Å²) < 4.78 is 0. The second kappa shape index (κ2) is 4.30. The minimum absolute atomic E-state index is 0.181. The highest BCUT2D eigenvalue weighted by Gasteiger charge is 2.46. The third kappa shape index (κ3) is 2.09. The van der Waals surface area contributed by atoms with Gasteiger partial charge in [0.05, 0.1) is 12.5 Å². The summed E-state index contributed by atoms with van der Waals surface area (Å²) in [5.74, 6) is -0.218. The lowest BCUT2D eigenvalue weighted by Gasteiger charge is -2.20. The maximum atomic E-state index is 11.9. The molecule has 3 amide bonds. The highest BCUT2D eigenvalue weighted by molar-refractivity contribution is 6.06. The second-order valence-electron chi connectivity index (χ2n) is 3.88. The van der Waals surface area contributed by atoms with Crippen LogP contribution in [0.1, 0.15) is 33.1 Å². The highest BCUT2D eigenvalue weighted by Crippen LogP contribution is 2.22. The molecule has 5 nitrogen and oxygen atoms in total. The Morgan fingerprint density at radius 3 is 2.73 bits per heavy atom. The maximum absolute atomic E-state index is 11.9. The van der Waals surface area contributed by atoms with E-state index in [1.807, 2.05) is 13.0 Å². The van der Waals surface area contributed by atoms with Crippen molar-refractivity contribution in [2.24, 2.45) is 0 Å². The van der Waals surface area contributed by atoms with Crippen molar-refractivity contribution in [2.75, 3.05) is 6.54 Å². The van der Waals surface area contributed by atoms with Gasteiger partial charge in [-0.2, -0.15) is 5.26 Å². The van der Waals surface area contributed by atoms with Crippen molar-refractivity contribution < 1.29 is 9.59 Å². The van der Waals surface area contributed by atoms with E-state index >= 15 is 0 Å². The van der Waals surface area contributed by atoms with Crippen LogP contribution in [0, 0.1) is 11.3 Å². The van der Waals surface area contributed by atoms with Crippen LogP contribution in [0.5, 0.6) is 0 Å². The first-order chi connectivity index (χ1) is 7.05. The van der Waals surface area contributed by atoms with Crippen LogP contribution in [-0.2, 0) is 4.79 Å². The van der Waals surface area contributed by atoms with Gasteiger partial charge in [-0.05, 0) is 13.3 Å². The first-order valence-electron chi connectivity index (χ1n) is 5.06. The molecule has 1 atom stereocenters. The van der Waals surface area contributed by atoms with E-state index in [0.29, 0.717) is 6.42 Å². The Morgan fingerprint density at radius 2 is 2.20 bits per heavy atom. The number of hydrogen-bond acceptors (Lipinski definition) is 3. The Balaban J connectivity index is 2.74. The Morgan fingerprint density at radius 1 is 1.53 bits per heavy atom. The van der Waals surface area contributed by atoms with E-state index in [0.717, 1.165) is 11.3 Å². The van der Waals surface area contributed by atoms with Crippen LogP contribution in [0.2, 0.25) is 0 Å². The van der Waals surface area contributed by atoms with Crippen molar-refractivity contribution in [3.05, 3.63) is 0 Å². The number of carbonyl (C=O) groups excluding carboxylic acids is 2. The van der Waals surface area contributed by atoms with Crippen LogP contribution < -0.4 is 5.32 Å². The third-order valence-electron chi connectivity index (χ3n) is 2.54. The molecule has 0 radical (unpaired) electrons. The Hall–Kier alpha value is -1.57. The lowest BCUT2D eigenvalue weighted by atomic mass is 9.96. The number of nitrogens with one attached hydrogen (secondary N) is 1. The molecule has 1 rings (SSSR count). The van der Waals surface area contributed by atoms with Gasteiger partial charge in [-0.1, -0.05) is 13.3 Å². The molecular weight excluding hydrogens is 194 g/mol. The zero-order valence-corrected chi connectivity index (χ0v) is 9.04. The van der Waals surface area contributed by atoms with Gasteiger partial charge in [-0.25, -0.2) is 4.79 Å². The first-order valence-corrected chi connectivity index (χ1v) is 5.06. The monoisotopic (exact) mass is 209 g/mol. The van der Waals surface area contributed by atoms with Crippen LogP contribution in [0.3, 0.4) is 0 Å². The molecule has 1 saturated heterocycles. The SMILES string of the molecule is CCCC1(C)NC(=O)N(CCC#N)C1=O. The molecule has 15 heavy (non-hydrogen) atoms. The predicted octanol–water partition coefficient (Wildman–Crippen LogP) is 1.01. The largest absolute Gasteiger partial charge is 0.325 e. The summed E-state index contributed by atoms with van der Waals surface area (Å²) in [5.41, 5.74) is -0.776. The average Bonchev–Trinajstić information content (AvgIpc) is 2.37. The molecule has 82 valence electrons. The van der Waals surface area contributed by atoms with Crippen LogP contribution in [0.25, 0.3) is 0 Å². The normalized spacial score (nSPS) is 25.3. The molecule has 0 aromatic rings. The number of hydrogen-bond donors (Lipinski definition) is 1.